The fourth-order valence-electron chi connectivity index (χ4n) is 6.81. The van der Waals surface area contributed by atoms with Crippen LogP contribution in [0.2, 0.25) is 0 Å². The maximum atomic E-state index is 14.5. The van der Waals surface area contributed by atoms with E-state index in [0.717, 1.165) is 10.8 Å². The average Bonchev–Trinajstić information content (AvgIpc) is 3.28. The van der Waals surface area contributed by atoms with Gasteiger partial charge in [0.2, 0.25) is 5.91 Å². The molecular formula is C30H32N2O6. The molecule has 0 radical (unpaired) electrons. The fourth-order valence-corrected chi connectivity index (χ4v) is 6.81. The summed E-state index contributed by atoms with van der Waals surface area (Å²) in [5.41, 5.74) is -1.75. The number of ether oxygens (including phenoxy) is 2. The van der Waals surface area contributed by atoms with Gasteiger partial charge in [0.05, 0.1) is 25.2 Å². The van der Waals surface area contributed by atoms with Crippen LogP contribution in [0.15, 0.2) is 66.8 Å². The molecule has 4 heterocycles. The van der Waals surface area contributed by atoms with Crippen LogP contribution in [-0.2, 0) is 23.9 Å². The predicted molar refractivity (Wildman–Crippen MR) is 141 cm³/mol. The lowest BCUT2D eigenvalue weighted by Crippen LogP contribution is -2.58. The molecule has 2 aromatic carbocycles. The van der Waals surface area contributed by atoms with Crippen molar-refractivity contribution in [2.24, 2.45) is 11.8 Å². The van der Waals surface area contributed by atoms with Crippen LogP contribution in [0.3, 0.4) is 0 Å². The second-order valence-corrected chi connectivity index (χ2v) is 10.6. The summed E-state index contributed by atoms with van der Waals surface area (Å²) < 4.78 is 12.4. The summed E-state index contributed by atoms with van der Waals surface area (Å²) in [7, 11) is 0. The van der Waals surface area contributed by atoms with Crippen LogP contribution < -0.4 is 4.90 Å². The maximum Gasteiger partial charge on any atom is 0.313 e. The Bertz CT molecular complexity index is 1370. The number of aliphatic hydroxyl groups excluding tert-OH is 1. The highest BCUT2D eigenvalue weighted by Crippen LogP contribution is 2.58. The monoisotopic (exact) mass is 516 g/mol. The normalized spacial score (nSPS) is 33.3. The quantitative estimate of drug-likeness (QED) is 0.496. The van der Waals surface area contributed by atoms with E-state index < -0.39 is 41.1 Å². The summed E-state index contributed by atoms with van der Waals surface area (Å²) in [5.74, 6) is -3.02. The summed E-state index contributed by atoms with van der Waals surface area (Å²) >= 11 is 0. The van der Waals surface area contributed by atoms with Crippen molar-refractivity contribution in [3.63, 3.8) is 0 Å². The molecule has 38 heavy (non-hydrogen) atoms. The third-order valence-corrected chi connectivity index (χ3v) is 8.62. The van der Waals surface area contributed by atoms with Crippen LogP contribution in [0.25, 0.3) is 10.8 Å². The number of hydrogen-bond acceptors (Lipinski definition) is 6. The van der Waals surface area contributed by atoms with Crippen molar-refractivity contribution in [1.29, 1.82) is 0 Å². The van der Waals surface area contributed by atoms with E-state index in [1.807, 2.05) is 73.7 Å². The van der Waals surface area contributed by atoms with E-state index in [-0.39, 0.29) is 31.6 Å². The van der Waals surface area contributed by atoms with Crippen LogP contribution in [0.4, 0.5) is 5.69 Å². The van der Waals surface area contributed by atoms with Gasteiger partial charge in [0, 0.05) is 12.2 Å². The van der Waals surface area contributed by atoms with Gasteiger partial charge in [-0.1, -0.05) is 61.6 Å². The van der Waals surface area contributed by atoms with E-state index in [4.69, 9.17) is 9.47 Å². The first-order chi connectivity index (χ1) is 18.4. The molecule has 198 valence electrons. The molecule has 8 nitrogen and oxygen atoms in total. The lowest BCUT2D eigenvalue weighted by atomic mass is 9.73. The highest BCUT2D eigenvalue weighted by molar-refractivity contribution is 6.06. The molecule has 0 saturated carbocycles. The van der Waals surface area contributed by atoms with Crippen LogP contribution >= 0.6 is 0 Å². The summed E-state index contributed by atoms with van der Waals surface area (Å²) in [5, 5.41) is 12.2. The molecule has 2 amide bonds. The molecule has 2 fully saturated rings. The SMILES string of the molecule is CC[C@@]12C=CCCOC(=O)[C@@H]1[C@H]1C(=O)N([C@H](C)CO)C3C(=O)N(c4ccc5ccccc5c4)CC=C[C@@]31O2. The van der Waals surface area contributed by atoms with Crippen molar-refractivity contribution in [2.45, 2.75) is 50.0 Å². The summed E-state index contributed by atoms with van der Waals surface area (Å²) in [6.07, 6.45) is 8.48. The predicted octanol–water partition coefficient (Wildman–Crippen LogP) is 2.99. The molecule has 0 bridgehead atoms. The van der Waals surface area contributed by atoms with Crippen molar-refractivity contribution in [2.75, 3.05) is 24.7 Å². The Balaban J connectivity index is 1.51. The Labute approximate surface area is 221 Å². The van der Waals surface area contributed by atoms with Crippen molar-refractivity contribution >= 4 is 34.2 Å². The Morgan fingerprint density at radius 2 is 1.82 bits per heavy atom. The van der Waals surface area contributed by atoms with Gasteiger partial charge < -0.3 is 24.4 Å². The van der Waals surface area contributed by atoms with E-state index in [0.29, 0.717) is 18.5 Å². The zero-order valence-corrected chi connectivity index (χ0v) is 21.6. The van der Waals surface area contributed by atoms with Crippen LogP contribution in [0.1, 0.15) is 26.7 Å². The first-order valence-electron chi connectivity index (χ1n) is 13.3. The van der Waals surface area contributed by atoms with Gasteiger partial charge in [-0.3, -0.25) is 14.4 Å². The molecule has 6 atom stereocenters. The summed E-state index contributed by atoms with van der Waals surface area (Å²) in [6, 6.07) is 12.1. The number of nitrogens with zero attached hydrogens (tertiary/aromatic N) is 2. The third kappa shape index (κ3) is 3.39. The topological polar surface area (TPSA) is 96.4 Å². The van der Waals surface area contributed by atoms with Gasteiger partial charge in [0.25, 0.3) is 5.91 Å². The van der Waals surface area contributed by atoms with Crippen molar-refractivity contribution in [1.82, 2.24) is 4.90 Å². The second kappa shape index (κ2) is 9.06. The molecule has 4 aliphatic rings. The Morgan fingerprint density at radius 3 is 2.58 bits per heavy atom. The molecule has 1 spiro atoms. The van der Waals surface area contributed by atoms with E-state index in [9.17, 15) is 19.5 Å². The molecule has 2 saturated heterocycles. The number of amides is 2. The van der Waals surface area contributed by atoms with Gasteiger partial charge in [-0.05, 0) is 42.7 Å². The van der Waals surface area contributed by atoms with E-state index >= 15 is 0 Å². The summed E-state index contributed by atoms with van der Waals surface area (Å²) in [6.45, 7) is 3.81. The minimum Gasteiger partial charge on any atom is -0.465 e. The number of likely N-dealkylation sites (tertiary alicyclic amines) is 1. The highest BCUT2D eigenvalue weighted by Gasteiger charge is 2.75. The zero-order chi connectivity index (χ0) is 26.7. The van der Waals surface area contributed by atoms with Crippen LogP contribution in [0.5, 0.6) is 0 Å². The number of carbonyl (C=O) groups is 3. The first-order valence-corrected chi connectivity index (χ1v) is 13.3. The van der Waals surface area contributed by atoms with Gasteiger partial charge in [0.15, 0.2) is 0 Å². The minimum atomic E-state index is -1.38. The maximum absolute atomic E-state index is 14.5. The number of fused-ring (bicyclic) bond motifs is 3. The molecular weight excluding hydrogens is 484 g/mol. The van der Waals surface area contributed by atoms with E-state index in [2.05, 4.69) is 0 Å². The van der Waals surface area contributed by atoms with Crippen molar-refractivity contribution in [3.8, 4) is 0 Å². The van der Waals surface area contributed by atoms with Gasteiger partial charge >= 0.3 is 5.97 Å². The third-order valence-electron chi connectivity index (χ3n) is 8.62. The standard InChI is InChI=1S/C30H32N2O6/c1-3-29-13-6-7-16-37-28(36)24(29)23-26(34)32(19(2)18-33)25-27(35)31(15-8-14-30(23,25)38-29)22-12-11-20-9-4-5-10-21(20)17-22/h4-6,8-14,17,19,23-25,33H,3,7,15-16,18H2,1-2H3/t19-,23+,24+,25?,29-,30+/m1/s1. The number of benzene rings is 2. The number of aliphatic hydroxyl groups is 1. The van der Waals surface area contributed by atoms with Gasteiger partial charge in [-0.2, -0.15) is 0 Å². The molecule has 2 aromatic rings. The van der Waals surface area contributed by atoms with Gasteiger partial charge in [-0.25, -0.2) is 0 Å². The zero-order valence-electron chi connectivity index (χ0n) is 21.6. The number of esters is 1. The highest BCUT2D eigenvalue weighted by atomic mass is 16.6. The number of cyclic esters (lactones) is 1. The molecule has 1 N–H and O–H groups in total. The van der Waals surface area contributed by atoms with Crippen LogP contribution in [0, 0.1) is 11.8 Å². The molecule has 1 unspecified atom stereocenters. The molecule has 0 aliphatic carbocycles. The molecule has 6 rings (SSSR count). The largest absolute Gasteiger partial charge is 0.465 e. The van der Waals surface area contributed by atoms with Gasteiger partial charge in [0.1, 0.15) is 23.2 Å². The smallest absolute Gasteiger partial charge is 0.313 e. The number of rotatable bonds is 4. The van der Waals surface area contributed by atoms with Crippen molar-refractivity contribution < 1.29 is 29.0 Å². The minimum absolute atomic E-state index is 0.226. The van der Waals surface area contributed by atoms with Crippen molar-refractivity contribution in [3.05, 3.63) is 66.8 Å². The average molecular weight is 517 g/mol. The first kappa shape index (κ1) is 24.8. The van der Waals surface area contributed by atoms with E-state index in [1.165, 1.54) is 4.90 Å². The van der Waals surface area contributed by atoms with Gasteiger partial charge in [-0.15, -0.1) is 0 Å². The summed E-state index contributed by atoms with van der Waals surface area (Å²) in [4.78, 5) is 45.2. The Kier molecular flexibility index (Phi) is 5.92. The molecule has 4 aliphatic heterocycles. The Hall–Kier alpha value is -3.49. The number of carbonyl (C=O) groups excluding carboxylic acids is 3. The Morgan fingerprint density at radius 1 is 1.03 bits per heavy atom. The number of anilines is 1. The number of hydrogen-bond donors (Lipinski definition) is 1. The fraction of sp³-hybridized carbons (Fsp3) is 0.433. The molecule has 8 heteroatoms. The van der Waals surface area contributed by atoms with E-state index in [1.54, 1.807) is 11.8 Å². The molecule has 0 aromatic heterocycles. The lowest BCUT2D eigenvalue weighted by Gasteiger charge is -2.40. The van der Waals surface area contributed by atoms with Crippen LogP contribution in [-0.4, -0.2) is 70.8 Å². The second-order valence-electron chi connectivity index (χ2n) is 10.6. The lowest BCUT2D eigenvalue weighted by molar-refractivity contribution is -0.161.